The molecule has 0 bridgehead atoms. The number of hydrogen-bond donors (Lipinski definition) is 1. The van der Waals surface area contributed by atoms with Gasteiger partial charge in [0.2, 0.25) is 0 Å². The van der Waals surface area contributed by atoms with Gasteiger partial charge in [0, 0.05) is 29.1 Å². The Kier molecular flexibility index (Phi) is 3.97. The van der Waals surface area contributed by atoms with Gasteiger partial charge in [-0.1, -0.05) is 30.3 Å². The van der Waals surface area contributed by atoms with Crippen molar-refractivity contribution < 1.29 is 0 Å². The van der Waals surface area contributed by atoms with E-state index in [1.165, 1.54) is 10.5 Å². The molecule has 1 aromatic carbocycles. The van der Waals surface area contributed by atoms with E-state index in [1.807, 2.05) is 30.3 Å². The summed E-state index contributed by atoms with van der Waals surface area (Å²) in [5.41, 5.74) is 7.09. The molecule has 1 heterocycles. The summed E-state index contributed by atoms with van der Waals surface area (Å²) in [6.45, 7) is 0.636. The third-order valence-corrected chi connectivity index (χ3v) is 3.61. The molecule has 0 aliphatic heterocycles. The maximum absolute atomic E-state index is 5.82. The smallest absolute Gasteiger partial charge is 0.0466 e. The van der Waals surface area contributed by atoms with Gasteiger partial charge in [-0.3, -0.25) is 4.98 Å². The molecular formula is C13H14N2S. The van der Waals surface area contributed by atoms with Gasteiger partial charge < -0.3 is 5.73 Å². The highest BCUT2D eigenvalue weighted by Gasteiger charge is 2.10. The van der Waals surface area contributed by atoms with Crippen molar-refractivity contribution in [2.75, 3.05) is 6.54 Å². The highest BCUT2D eigenvalue weighted by Crippen LogP contribution is 2.33. The first-order chi connectivity index (χ1) is 7.90. The topological polar surface area (TPSA) is 38.9 Å². The lowest BCUT2D eigenvalue weighted by molar-refractivity contribution is 0.940. The van der Waals surface area contributed by atoms with Crippen LogP contribution in [0.3, 0.4) is 0 Å². The number of thioether (sulfide) groups is 1. The van der Waals surface area contributed by atoms with E-state index in [2.05, 4.69) is 17.1 Å². The number of nitrogens with zero attached hydrogens (tertiary/aromatic N) is 1. The molecule has 1 unspecified atom stereocenters. The summed E-state index contributed by atoms with van der Waals surface area (Å²) < 4.78 is 0. The molecule has 2 rings (SSSR count). The average molecular weight is 230 g/mol. The Morgan fingerprint density at radius 1 is 1.06 bits per heavy atom. The third kappa shape index (κ3) is 2.84. The highest BCUT2D eigenvalue weighted by atomic mass is 32.2. The van der Waals surface area contributed by atoms with Gasteiger partial charge in [-0.2, -0.15) is 0 Å². The Labute approximate surface area is 99.9 Å². The molecule has 2 nitrogen and oxygen atoms in total. The highest BCUT2D eigenvalue weighted by molar-refractivity contribution is 7.99. The van der Waals surface area contributed by atoms with Gasteiger partial charge in [0.05, 0.1) is 0 Å². The first-order valence-electron chi connectivity index (χ1n) is 5.22. The lowest BCUT2D eigenvalue weighted by Crippen LogP contribution is -2.09. The molecule has 0 spiro atoms. The van der Waals surface area contributed by atoms with Crippen LogP contribution in [-0.4, -0.2) is 11.5 Å². The molecule has 0 aliphatic carbocycles. The zero-order valence-electron chi connectivity index (χ0n) is 8.91. The van der Waals surface area contributed by atoms with Crippen LogP contribution in [0, 0.1) is 0 Å². The lowest BCUT2D eigenvalue weighted by Gasteiger charge is -2.14. The van der Waals surface area contributed by atoms with E-state index in [0.717, 1.165) is 0 Å². The summed E-state index contributed by atoms with van der Waals surface area (Å²) in [7, 11) is 0. The maximum Gasteiger partial charge on any atom is 0.0466 e. The van der Waals surface area contributed by atoms with Crippen LogP contribution in [-0.2, 0) is 0 Å². The molecular weight excluding hydrogens is 216 g/mol. The Morgan fingerprint density at radius 3 is 2.38 bits per heavy atom. The quantitative estimate of drug-likeness (QED) is 0.821. The molecule has 16 heavy (non-hydrogen) atoms. The van der Waals surface area contributed by atoms with E-state index in [9.17, 15) is 0 Å². The molecule has 0 aliphatic rings. The van der Waals surface area contributed by atoms with Crippen LogP contribution in [0.1, 0.15) is 10.8 Å². The summed E-state index contributed by atoms with van der Waals surface area (Å²) in [6.07, 6.45) is 3.61. The predicted octanol–water partition coefficient (Wildman–Crippen LogP) is 2.87. The summed E-state index contributed by atoms with van der Waals surface area (Å²) in [4.78, 5) is 5.21. The lowest BCUT2D eigenvalue weighted by atomic mass is 10.1. The third-order valence-electron chi connectivity index (χ3n) is 2.31. The SMILES string of the molecule is NCC(Sc1ccncc1)c1ccccc1. The zero-order valence-corrected chi connectivity index (χ0v) is 9.73. The second kappa shape index (κ2) is 5.68. The summed E-state index contributed by atoms with van der Waals surface area (Å²) >= 11 is 1.78. The van der Waals surface area contributed by atoms with Crippen LogP contribution in [0.15, 0.2) is 59.8 Å². The summed E-state index contributed by atoms with van der Waals surface area (Å²) in [6, 6.07) is 14.4. The largest absolute Gasteiger partial charge is 0.329 e. The molecule has 3 heteroatoms. The molecule has 0 saturated carbocycles. The minimum atomic E-state index is 0.309. The standard InChI is InChI=1S/C13H14N2S/c14-10-13(11-4-2-1-3-5-11)16-12-6-8-15-9-7-12/h1-9,13H,10,14H2. The Bertz CT molecular complexity index is 416. The molecule has 0 radical (unpaired) electrons. The minimum absolute atomic E-state index is 0.309. The van der Waals surface area contributed by atoms with Crippen molar-refractivity contribution in [3.8, 4) is 0 Å². The van der Waals surface area contributed by atoms with Crippen LogP contribution in [0.25, 0.3) is 0 Å². The minimum Gasteiger partial charge on any atom is -0.329 e. The number of rotatable bonds is 4. The van der Waals surface area contributed by atoms with Crippen LogP contribution in [0.2, 0.25) is 0 Å². The van der Waals surface area contributed by atoms with Gasteiger partial charge in [0.1, 0.15) is 0 Å². The van der Waals surface area contributed by atoms with Gasteiger partial charge in [-0.05, 0) is 17.7 Å². The van der Waals surface area contributed by atoms with Crippen LogP contribution in [0.5, 0.6) is 0 Å². The normalized spacial score (nSPS) is 12.3. The van der Waals surface area contributed by atoms with E-state index in [-0.39, 0.29) is 0 Å². The number of aromatic nitrogens is 1. The Balaban J connectivity index is 2.13. The second-order valence-corrected chi connectivity index (χ2v) is 4.71. The van der Waals surface area contributed by atoms with Crippen molar-refractivity contribution in [2.45, 2.75) is 10.1 Å². The molecule has 82 valence electrons. The van der Waals surface area contributed by atoms with Crippen molar-refractivity contribution in [1.82, 2.24) is 4.98 Å². The van der Waals surface area contributed by atoms with E-state index in [0.29, 0.717) is 11.8 Å². The fourth-order valence-electron chi connectivity index (χ4n) is 1.50. The van der Waals surface area contributed by atoms with Gasteiger partial charge in [-0.25, -0.2) is 0 Å². The van der Waals surface area contributed by atoms with Gasteiger partial charge in [0.15, 0.2) is 0 Å². The molecule has 1 aromatic heterocycles. The zero-order chi connectivity index (χ0) is 11.2. The number of pyridine rings is 1. The van der Waals surface area contributed by atoms with E-state index < -0.39 is 0 Å². The fraction of sp³-hybridized carbons (Fsp3) is 0.154. The first kappa shape index (κ1) is 11.2. The molecule has 0 fully saturated rings. The van der Waals surface area contributed by atoms with Crippen molar-refractivity contribution in [2.24, 2.45) is 5.73 Å². The Hall–Kier alpha value is -1.32. The van der Waals surface area contributed by atoms with Gasteiger partial charge in [-0.15, -0.1) is 11.8 Å². The van der Waals surface area contributed by atoms with Crippen molar-refractivity contribution in [3.05, 3.63) is 60.4 Å². The molecule has 0 amide bonds. The van der Waals surface area contributed by atoms with Crippen LogP contribution in [0.4, 0.5) is 0 Å². The maximum atomic E-state index is 5.82. The van der Waals surface area contributed by atoms with Crippen molar-refractivity contribution in [3.63, 3.8) is 0 Å². The average Bonchev–Trinajstić information content (AvgIpc) is 2.38. The molecule has 2 N–H and O–H groups in total. The number of hydrogen-bond acceptors (Lipinski definition) is 3. The molecule has 0 saturated heterocycles. The summed E-state index contributed by atoms with van der Waals surface area (Å²) in [5.74, 6) is 0. The van der Waals surface area contributed by atoms with Gasteiger partial charge >= 0.3 is 0 Å². The van der Waals surface area contributed by atoms with Crippen molar-refractivity contribution in [1.29, 1.82) is 0 Å². The number of benzene rings is 1. The summed E-state index contributed by atoms with van der Waals surface area (Å²) in [5, 5.41) is 0.309. The second-order valence-electron chi connectivity index (χ2n) is 3.44. The van der Waals surface area contributed by atoms with E-state index >= 15 is 0 Å². The van der Waals surface area contributed by atoms with E-state index in [4.69, 9.17) is 5.73 Å². The van der Waals surface area contributed by atoms with Crippen LogP contribution >= 0.6 is 11.8 Å². The predicted molar refractivity (Wildman–Crippen MR) is 68.3 cm³/mol. The Morgan fingerprint density at radius 2 is 1.75 bits per heavy atom. The van der Waals surface area contributed by atoms with E-state index in [1.54, 1.807) is 24.2 Å². The monoisotopic (exact) mass is 230 g/mol. The first-order valence-corrected chi connectivity index (χ1v) is 6.10. The molecule has 1 atom stereocenters. The van der Waals surface area contributed by atoms with Crippen LogP contribution < -0.4 is 5.73 Å². The fourth-order valence-corrected chi connectivity index (χ4v) is 2.50. The number of nitrogens with two attached hydrogens (primary N) is 1. The molecule has 2 aromatic rings. The van der Waals surface area contributed by atoms with Crippen molar-refractivity contribution >= 4 is 11.8 Å². The van der Waals surface area contributed by atoms with Gasteiger partial charge in [0.25, 0.3) is 0 Å².